The fraction of sp³-hybridized carbons (Fsp3) is 0.500. The van der Waals surface area contributed by atoms with Gasteiger partial charge in [0.2, 0.25) is 0 Å². The van der Waals surface area contributed by atoms with Gasteiger partial charge in [-0.25, -0.2) is 4.98 Å². The molecule has 1 amide bonds. The van der Waals surface area contributed by atoms with Gasteiger partial charge in [0.25, 0.3) is 11.9 Å². The number of ether oxygens (including phenoxy) is 1. The number of piperidine rings is 1. The molecule has 0 radical (unpaired) electrons. The van der Waals surface area contributed by atoms with E-state index in [9.17, 15) is 4.79 Å². The molecule has 2 N–H and O–H groups in total. The number of likely N-dealkylation sites (tertiary alicyclic amines) is 1. The number of carbonyl (C=O) groups excluding carboxylic acids is 1. The second-order valence-electron chi connectivity index (χ2n) is 10.2. The molecular weight excluding hydrogens is 444 g/mol. The Morgan fingerprint density at radius 1 is 1.03 bits per heavy atom. The summed E-state index contributed by atoms with van der Waals surface area (Å²) < 4.78 is 11.3. The van der Waals surface area contributed by atoms with Gasteiger partial charge in [-0.2, -0.15) is 4.98 Å². The highest BCUT2D eigenvalue weighted by atomic mass is 16.5. The largest absolute Gasteiger partial charge is 0.423 e. The number of nitrogens with zero attached hydrogens (tertiary/aromatic N) is 4. The van der Waals surface area contributed by atoms with Gasteiger partial charge in [-0.05, 0) is 57.9 Å². The normalized spacial score (nSPS) is 18.1. The Hall–Kier alpha value is -3.17. The first-order chi connectivity index (χ1) is 16.8. The van der Waals surface area contributed by atoms with E-state index in [1.807, 2.05) is 24.3 Å². The Kier molecular flexibility index (Phi) is 6.62. The molecule has 1 aromatic carbocycles. The highest BCUT2D eigenvalue weighted by Gasteiger charge is 2.27. The number of nitrogens with one attached hydrogen (secondary N) is 2. The zero-order chi connectivity index (χ0) is 24.4. The van der Waals surface area contributed by atoms with Gasteiger partial charge in [-0.1, -0.05) is 6.07 Å². The number of benzene rings is 1. The van der Waals surface area contributed by atoms with E-state index >= 15 is 0 Å². The maximum absolute atomic E-state index is 12.9. The Morgan fingerprint density at radius 2 is 1.80 bits per heavy atom. The van der Waals surface area contributed by atoms with Gasteiger partial charge in [-0.3, -0.25) is 9.69 Å². The third-order valence-corrected chi connectivity index (χ3v) is 6.69. The molecule has 0 saturated carbocycles. The number of carbonyl (C=O) groups is 1. The van der Waals surface area contributed by atoms with Gasteiger partial charge in [0.15, 0.2) is 5.58 Å². The van der Waals surface area contributed by atoms with Gasteiger partial charge in [-0.15, -0.1) is 0 Å². The van der Waals surface area contributed by atoms with E-state index in [4.69, 9.17) is 9.15 Å². The summed E-state index contributed by atoms with van der Waals surface area (Å²) in [4.78, 5) is 26.6. The zero-order valence-corrected chi connectivity index (χ0v) is 20.7. The van der Waals surface area contributed by atoms with Gasteiger partial charge < -0.3 is 24.7 Å². The third-order valence-electron chi connectivity index (χ3n) is 6.69. The van der Waals surface area contributed by atoms with Crippen molar-refractivity contribution in [2.24, 2.45) is 0 Å². The van der Waals surface area contributed by atoms with Crippen LogP contribution in [0.15, 0.2) is 40.8 Å². The average molecular weight is 479 g/mol. The van der Waals surface area contributed by atoms with Gasteiger partial charge in [0.1, 0.15) is 17.0 Å². The van der Waals surface area contributed by atoms with E-state index in [0.29, 0.717) is 42.2 Å². The Balaban J connectivity index is 1.22. The van der Waals surface area contributed by atoms with Gasteiger partial charge in [0.05, 0.1) is 13.2 Å². The van der Waals surface area contributed by atoms with Crippen molar-refractivity contribution in [1.29, 1.82) is 0 Å². The molecule has 9 heteroatoms. The van der Waals surface area contributed by atoms with Crippen molar-refractivity contribution < 1.29 is 13.9 Å². The number of hydrogen-bond acceptors (Lipinski definition) is 8. The average Bonchev–Trinajstić information content (AvgIpc) is 3.28. The maximum atomic E-state index is 12.9. The molecule has 2 aromatic heterocycles. The van der Waals surface area contributed by atoms with Gasteiger partial charge >= 0.3 is 0 Å². The van der Waals surface area contributed by atoms with Crippen LogP contribution in [0.25, 0.3) is 11.1 Å². The quantitative estimate of drug-likeness (QED) is 0.568. The molecule has 0 unspecified atom stereocenters. The second-order valence-corrected chi connectivity index (χ2v) is 10.2. The van der Waals surface area contributed by atoms with Crippen molar-refractivity contribution in [2.45, 2.75) is 45.2 Å². The van der Waals surface area contributed by atoms with E-state index < -0.39 is 0 Å². The number of hydrogen-bond donors (Lipinski definition) is 2. The van der Waals surface area contributed by atoms with Crippen LogP contribution in [0.4, 0.5) is 17.5 Å². The standard InChI is InChI=1S/C26H34N6O3/c1-26(2,3)32-11-9-18(10-12-32)27-23-6-4-5-21(29-23)24(33)28-19-7-8-20-22(17-19)35-25(30-20)31-13-15-34-16-14-31/h4-8,17-18H,9-16H2,1-3H3,(H,27,29)(H,28,33). The summed E-state index contributed by atoms with van der Waals surface area (Å²) in [6, 6.07) is 11.9. The van der Waals surface area contributed by atoms with Crippen molar-refractivity contribution in [1.82, 2.24) is 14.9 Å². The van der Waals surface area contributed by atoms with E-state index in [1.165, 1.54) is 0 Å². The number of amides is 1. The monoisotopic (exact) mass is 478 g/mol. The Bertz CT molecular complexity index is 1170. The molecule has 2 fully saturated rings. The fourth-order valence-corrected chi connectivity index (χ4v) is 4.62. The van der Waals surface area contributed by atoms with Crippen LogP contribution in [0, 0.1) is 0 Å². The van der Waals surface area contributed by atoms with Crippen LogP contribution < -0.4 is 15.5 Å². The molecule has 35 heavy (non-hydrogen) atoms. The van der Waals surface area contributed by atoms with Crippen LogP contribution >= 0.6 is 0 Å². The molecule has 5 rings (SSSR count). The number of morpholine rings is 1. The van der Waals surface area contributed by atoms with Crippen molar-refractivity contribution in [3.63, 3.8) is 0 Å². The molecule has 9 nitrogen and oxygen atoms in total. The first kappa shape index (κ1) is 23.6. The SMILES string of the molecule is CC(C)(C)N1CCC(Nc2cccc(C(=O)Nc3ccc4nc(N5CCOCC5)oc4c3)n2)CC1. The fourth-order valence-electron chi connectivity index (χ4n) is 4.62. The topological polar surface area (TPSA) is 95.8 Å². The van der Waals surface area contributed by atoms with Crippen molar-refractivity contribution in [2.75, 3.05) is 54.9 Å². The minimum absolute atomic E-state index is 0.194. The minimum Gasteiger partial charge on any atom is -0.423 e. The molecule has 3 aromatic rings. The number of pyridine rings is 1. The van der Waals surface area contributed by atoms with Crippen LogP contribution in [0.5, 0.6) is 0 Å². The predicted molar refractivity (Wildman–Crippen MR) is 137 cm³/mol. The zero-order valence-electron chi connectivity index (χ0n) is 20.7. The van der Waals surface area contributed by atoms with E-state index in [-0.39, 0.29) is 11.4 Å². The predicted octanol–water partition coefficient (Wildman–Crippen LogP) is 3.99. The summed E-state index contributed by atoms with van der Waals surface area (Å²) in [5, 5.41) is 6.45. The van der Waals surface area contributed by atoms with Crippen LogP contribution in [0.1, 0.15) is 44.1 Å². The van der Waals surface area contributed by atoms with Crippen LogP contribution in [-0.4, -0.2) is 71.7 Å². The molecule has 186 valence electrons. The summed E-state index contributed by atoms with van der Waals surface area (Å²) in [7, 11) is 0. The van der Waals surface area contributed by atoms with E-state index in [1.54, 1.807) is 12.1 Å². The molecule has 0 bridgehead atoms. The lowest BCUT2D eigenvalue weighted by molar-refractivity contribution is 0.102. The highest BCUT2D eigenvalue weighted by molar-refractivity contribution is 6.03. The van der Waals surface area contributed by atoms with Gasteiger partial charge in [0, 0.05) is 49.5 Å². The minimum atomic E-state index is -0.261. The summed E-state index contributed by atoms with van der Waals surface area (Å²) in [5.74, 6) is 0.469. The highest BCUT2D eigenvalue weighted by Crippen LogP contribution is 2.26. The summed E-state index contributed by atoms with van der Waals surface area (Å²) in [5.41, 5.74) is 2.59. The lowest BCUT2D eigenvalue weighted by Crippen LogP contribution is -2.48. The maximum Gasteiger partial charge on any atom is 0.298 e. The molecule has 2 aliphatic rings. The second kappa shape index (κ2) is 9.83. The number of oxazole rings is 1. The molecule has 4 heterocycles. The summed E-state index contributed by atoms with van der Waals surface area (Å²) in [6.07, 6.45) is 2.11. The number of fused-ring (bicyclic) bond motifs is 1. The molecule has 0 aliphatic carbocycles. The first-order valence-electron chi connectivity index (χ1n) is 12.4. The van der Waals surface area contributed by atoms with Crippen molar-refractivity contribution in [3.05, 3.63) is 42.1 Å². The molecule has 0 spiro atoms. The van der Waals surface area contributed by atoms with Crippen molar-refractivity contribution >= 4 is 34.5 Å². The number of aromatic nitrogens is 2. The molecule has 0 atom stereocenters. The van der Waals surface area contributed by atoms with Crippen molar-refractivity contribution in [3.8, 4) is 0 Å². The molecule has 2 aliphatic heterocycles. The molecule has 2 saturated heterocycles. The number of rotatable bonds is 5. The lowest BCUT2D eigenvalue weighted by Gasteiger charge is -2.41. The lowest BCUT2D eigenvalue weighted by atomic mass is 9.98. The van der Waals surface area contributed by atoms with Crippen LogP contribution in [0.3, 0.4) is 0 Å². The number of anilines is 3. The third kappa shape index (κ3) is 5.57. The van der Waals surface area contributed by atoms with E-state index in [2.05, 4.69) is 51.2 Å². The first-order valence-corrected chi connectivity index (χ1v) is 12.4. The summed E-state index contributed by atoms with van der Waals surface area (Å²) >= 11 is 0. The Labute approximate surface area is 205 Å². The van der Waals surface area contributed by atoms with E-state index in [0.717, 1.165) is 50.4 Å². The van der Waals surface area contributed by atoms with Crippen LogP contribution in [0.2, 0.25) is 0 Å². The van der Waals surface area contributed by atoms with Crippen LogP contribution in [-0.2, 0) is 4.74 Å². The summed E-state index contributed by atoms with van der Waals surface area (Å²) in [6.45, 7) is 11.7. The molecular formula is C26H34N6O3. The Morgan fingerprint density at radius 3 is 2.54 bits per heavy atom. The smallest absolute Gasteiger partial charge is 0.298 e.